The van der Waals surface area contributed by atoms with Crippen LogP contribution in [0.1, 0.15) is 19.8 Å². The highest BCUT2D eigenvalue weighted by Crippen LogP contribution is 2.40. The molecule has 0 aromatic carbocycles. The second kappa shape index (κ2) is 3.52. The Hall–Kier alpha value is -2.03. The van der Waals surface area contributed by atoms with E-state index in [1.54, 1.807) is 6.92 Å². The zero-order valence-corrected chi connectivity index (χ0v) is 8.73. The minimum Gasteiger partial charge on any atom is -0.465 e. The van der Waals surface area contributed by atoms with Crippen molar-refractivity contribution < 1.29 is 14.7 Å². The fraction of sp³-hybridized carbons (Fsp3) is 0.500. The van der Waals surface area contributed by atoms with Crippen LogP contribution < -0.4 is 5.32 Å². The summed E-state index contributed by atoms with van der Waals surface area (Å²) in [4.78, 5) is 23.3. The lowest BCUT2D eigenvalue weighted by molar-refractivity contribution is 0.132. The van der Waals surface area contributed by atoms with Gasteiger partial charge in [0.25, 0.3) is 0 Å². The third-order valence-corrected chi connectivity index (χ3v) is 2.89. The van der Waals surface area contributed by atoms with E-state index in [0.717, 1.165) is 17.7 Å². The van der Waals surface area contributed by atoms with E-state index in [1.807, 2.05) is 6.07 Å². The van der Waals surface area contributed by atoms with Crippen LogP contribution >= 0.6 is 0 Å². The predicted octanol–water partition coefficient (Wildman–Crippen LogP) is 1.27. The van der Waals surface area contributed by atoms with Crippen molar-refractivity contribution in [2.24, 2.45) is 5.92 Å². The van der Waals surface area contributed by atoms with Gasteiger partial charge in [0, 0.05) is 5.70 Å². The van der Waals surface area contributed by atoms with Gasteiger partial charge in [0.1, 0.15) is 0 Å². The number of allylic oxidation sites excluding steroid dienone is 1. The molecule has 2 N–H and O–H groups in total. The lowest BCUT2D eigenvalue weighted by atomic mass is 9.98. The van der Waals surface area contributed by atoms with Crippen molar-refractivity contribution in [3.8, 4) is 6.07 Å². The molecule has 1 unspecified atom stereocenters. The Labute approximate surface area is 92.1 Å². The number of amides is 3. The van der Waals surface area contributed by atoms with E-state index < -0.39 is 18.2 Å². The molecule has 0 aromatic rings. The average molecular weight is 221 g/mol. The molecule has 0 bridgehead atoms. The quantitative estimate of drug-likeness (QED) is 0.697. The van der Waals surface area contributed by atoms with E-state index in [4.69, 9.17) is 10.4 Å². The van der Waals surface area contributed by atoms with Gasteiger partial charge in [-0.2, -0.15) is 5.26 Å². The Bertz CT molecular complexity index is 431. The van der Waals surface area contributed by atoms with E-state index in [0.29, 0.717) is 11.3 Å². The highest BCUT2D eigenvalue weighted by molar-refractivity contribution is 5.93. The number of hydrogen-bond acceptors (Lipinski definition) is 3. The number of nitrogens with one attached hydrogen (secondary N) is 1. The summed E-state index contributed by atoms with van der Waals surface area (Å²) < 4.78 is 0. The van der Waals surface area contributed by atoms with Crippen molar-refractivity contribution in [2.45, 2.75) is 25.8 Å². The summed E-state index contributed by atoms with van der Waals surface area (Å²) >= 11 is 0. The SMILES string of the molecule is CC1=C(C#N)C(C2CC2)N(C(=O)O)C(=O)N1. The van der Waals surface area contributed by atoms with Crippen LogP contribution in [0.4, 0.5) is 9.59 Å². The number of nitriles is 1. The largest absolute Gasteiger partial charge is 0.465 e. The van der Waals surface area contributed by atoms with E-state index in [2.05, 4.69) is 5.32 Å². The van der Waals surface area contributed by atoms with Crippen LogP contribution in [0.3, 0.4) is 0 Å². The molecule has 0 saturated heterocycles. The molecule has 1 heterocycles. The molecule has 1 aliphatic carbocycles. The molecule has 84 valence electrons. The standard InChI is InChI=1S/C10H11N3O3/c1-5-7(4-11)8(6-2-3-6)13(10(15)16)9(14)12-5/h6,8H,2-3H2,1H3,(H,12,14)(H,15,16). The van der Waals surface area contributed by atoms with Crippen LogP contribution in [-0.2, 0) is 0 Å². The van der Waals surface area contributed by atoms with Gasteiger partial charge in [-0.15, -0.1) is 0 Å². The predicted molar refractivity (Wildman–Crippen MR) is 53.2 cm³/mol. The van der Waals surface area contributed by atoms with Crippen molar-refractivity contribution in [1.29, 1.82) is 5.26 Å². The molecule has 1 aliphatic heterocycles. The van der Waals surface area contributed by atoms with Crippen molar-refractivity contribution in [2.75, 3.05) is 0 Å². The summed E-state index contributed by atoms with van der Waals surface area (Å²) in [5, 5.41) is 20.4. The number of carboxylic acid groups (broad SMARTS) is 1. The smallest absolute Gasteiger partial charge is 0.416 e. The number of carbonyl (C=O) groups excluding carboxylic acids is 1. The van der Waals surface area contributed by atoms with Gasteiger partial charge in [-0.1, -0.05) is 0 Å². The molecular weight excluding hydrogens is 210 g/mol. The number of imide groups is 1. The average Bonchev–Trinajstić information content (AvgIpc) is 2.98. The Kier molecular flexibility index (Phi) is 2.31. The Morgan fingerprint density at radius 3 is 2.69 bits per heavy atom. The summed E-state index contributed by atoms with van der Waals surface area (Å²) in [5.74, 6) is 0.103. The zero-order valence-electron chi connectivity index (χ0n) is 8.73. The lowest BCUT2D eigenvalue weighted by Gasteiger charge is -2.32. The number of hydrogen-bond donors (Lipinski definition) is 2. The maximum Gasteiger partial charge on any atom is 0.416 e. The number of nitrogens with zero attached hydrogens (tertiary/aromatic N) is 2. The van der Waals surface area contributed by atoms with E-state index in [-0.39, 0.29) is 5.92 Å². The molecular formula is C10H11N3O3. The van der Waals surface area contributed by atoms with Gasteiger partial charge in [-0.3, -0.25) is 0 Å². The van der Waals surface area contributed by atoms with Gasteiger partial charge in [0.2, 0.25) is 0 Å². The van der Waals surface area contributed by atoms with E-state index in [9.17, 15) is 9.59 Å². The van der Waals surface area contributed by atoms with Crippen LogP contribution in [0, 0.1) is 17.2 Å². The monoisotopic (exact) mass is 221 g/mol. The summed E-state index contributed by atoms with van der Waals surface area (Å²) in [6, 6.07) is 0.724. The first-order valence-electron chi connectivity index (χ1n) is 5.00. The molecule has 0 aromatic heterocycles. The van der Waals surface area contributed by atoms with Gasteiger partial charge >= 0.3 is 12.1 Å². The molecule has 3 amide bonds. The second-order valence-electron chi connectivity index (χ2n) is 4.02. The van der Waals surface area contributed by atoms with Gasteiger partial charge in [-0.25, -0.2) is 14.5 Å². The molecule has 6 heteroatoms. The topological polar surface area (TPSA) is 93.4 Å². The summed E-state index contributed by atoms with van der Waals surface area (Å²) in [6.07, 6.45) is 0.412. The Morgan fingerprint density at radius 2 is 2.25 bits per heavy atom. The molecule has 1 fully saturated rings. The first kappa shape index (κ1) is 10.5. The van der Waals surface area contributed by atoms with Crippen molar-refractivity contribution in [1.82, 2.24) is 10.2 Å². The normalized spacial score (nSPS) is 25.1. The minimum absolute atomic E-state index is 0.103. The zero-order chi connectivity index (χ0) is 11.9. The van der Waals surface area contributed by atoms with E-state index >= 15 is 0 Å². The van der Waals surface area contributed by atoms with Crippen molar-refractivity contribution >= 4 is 12.1 Å². The van der Waals surface area contributed by atoms with Crippen LogP contribution in [0.25, 0.3) is 0 Å². The first-order chi connectivity index (χ1) is 7.56. The number of urea groups is 1. The lowest BCUT2D eigenvalue weighted by Crippen LogP contribution is -2.54. The van der Waals surface area contributed by atoms with Crippen molar-refractivity contribution in [3.63, 3.8) is 0 Å². The molecule has 0 radical (unpaired) electrons. The fourth-order valence-corrected chi connectivity index (χ4v) is 1.98. The van der Waals surface area contributed by atoms with Gasteiger partial charge in [0.05, 0.1) is 17.7 Å². The van der Waals surface area contributed by atoms with Gasteiger partial charge in [0.15, 0.2) is 0 Å². The highest BCUT2D eigenvalue weighted by atomic mass is 16.4. The fourth-order valence-electron chi connectivity index (χ4n) is 1.98. The van der Waals surface area contributed by atoms with Crippen LogP contribution in [0.2, 0.25) is 0 Å². The Morgan fingerprint density at radius 1 is 1.62 bits per heavy atom. The van der Waals surface area contributed by atoms with Crippen molar-refractivity contribution in [3.05, 3.63) is 11.3 Å². The molecule has 2 aliphatic rings. The molecule has 0 spiro atoms. The summed E-state index contributed by atoms with van der Waals surface area (Å²) in [6.45, 7) is 1.62. The molecule has 16 heavy (non-hydrogen) atoms. The number of carbonyl (C=O) groups is 2. The van der Waals surface area contributed by atoms with Gasteiger partial charge in [-0.05, 0) is 25.7 Å². The van der Waals surface area contributed by atoms with Gasteiger partial charge < -0.3 is 10.4 Å². The minimum atomic E-state index is -1.31. The first-order valence-corrected chi connectivity index (χ1v) is 5.00. The molecule has 6 nitrogen and oxygen atoms in total. The maximum atomic E-state index is 11.5. The summed E-state index contributed by atoms with van der Waals surface area (Å²) in [5.41, 5.74) is 0.811. The van der Waals surface area contributed by atoms with Crippen LogP contribution in [-0.4, -0.2) is 28.2 Å². The third-order valence-electron chi connectivity index (χ3n) is 2.89. The second-order valence-corrected chi connectivity index (χ2v) is 4.02. The number of rotatable bonds is 1. The molecule has 1 atom stereocenters. The maximum absolute atomic E-state index is 11.5. The Balaban J connectivity index is 2.44. The van der Waals surface area contributed by atoms with Crippen LogP contribution in [0.15, 0.2) is 11.3 Å². The summed E-state index contributed by atoms with van der Waals surface area (Å²) in [7, 11) is 0. The van der Waals surface area contributed by atoms with E-state index in [1.165, 1.54) is 0 Å². The van der Waals surface area contributed by atoms with Crippen LogP contribution in [0.5, 0.6) is 0 Å². The highest BCUT2D eigenvalue weighted by Gasteiger charge is 2.46. The third kappa shape index (κ3) is 1.50. The molecule has 1 saturated carbocycles. The molecule has 2 rings (SSSR count).